The predicted molar refractivity (Wildman–Crippen MR) is 38.8 cm³/mol. The van der Waals surface area contributed by atoms with Gasteiger partial charge in [-0.1, -0.05) is 0 Å². The third-order valence-corrected chi connectivity index (χ3v) is 1.37. The summed E-state index contributed by atoms with van der Waals surface area (Å²) in [6.07, 6.45) is 0.340. The van der Waals surface area contributed by atoms with Crippen LogP contribution in [0.3, 0.4) is 0 Å². The Morgan fingerprint density at radius 2 is 2.10 bits per heavy atom. The number of halogens is 1. The minimum absolute atomic E-state index is 0.160. The number of carboxylic acids is 1. The van der Waals surface area contributed by atoms with E-state index < -0.39 is 12.0 Å². The maximum Gasteiger partial charge on any atom is 0.320 e. The van der Waals surface area contributed by atoms with E-state index in [1.807, 2.05) is 0 Å². The fraction of sp³-hybridized carbons (Fsp3) is 0.600. The molecule has 0 spiro atoms. The van der Waals surface area contributed by atoms with Crippen molar-refractivity contribution < 1.29 is 14.7 Å². The molecule has 0 aromatic rings. The second-order valence-corrected chi connectivity index (χ2v) is 2.72. The molecule has 0 amide bonds. The molecule has 0 saturated carbocycles. The summed E-state index contributed by atoms with van der Waals surface area (Å²) in [6.45, 7) is 0. The Kier molecular flexibility index (Phi) is 4.22. The fourth-order valence-corrected chi connectivity index (χ4v) is 0.621. The number of carboxylic acid groups (broad SMARTS) is 1. The van der Waals surface area contributed by atoms with Crippen molar-refractivity contribution in [1.82, 2.24) is 0 Å². The van der Waals surface area contributed by atoms with Crippen molar-refractivity contribution in [3.05, 3.63) is 0 Å². The van der Waals surface area contributed by atoms with Gasteiger partial charge in [0.1, 0.15) is 6.04 Å². The van der Waals surface area contributed by atoms with Crippen LogP contribution in [0.1, 0.15) is 12.8 Å². The van der Waals surface area contributed by atoms with Crippen LogP contribution in [0.4, 0.5) is 0 Å². The topological polar surface area (TPSA) is 80.4 Å². The van der Waals surface area contributed by atoms with Gasteiger partial charge in [0.05, 0.1) is 0 Å². The van der Waals surface area contributed by atoms with Crippen LogP contribution in [0.2, 0.25) is 0 Å². The molecule has 0 unspecified atom stereocenters. The molecule has 3 N–H and O–H groups in total. The Morgan fingerprint density at radius 1 is 1.60 bits per heavy atom. The first-order valence-electron chi connectivity index (χ1n) is 2.70. The van der Waals surface area contributed by atoms with Crippen LogP contribution < -0.4 is 5.73 Å². The van der Waals surface area contributed by atoms with E-state index >= 15 is 0 Å². The van der Waals surface area contributed by atoms with Gasteiger partial charge in [-0.25, -0.2) is 0 Å². The standard InChI is InChI=1S/C5H8BrNO3/c6-4(8)2-1-3(7)5(9)10/h3H,1-2,7H2,(H,9,10)/t3-/m0/s1. The van der Waals surface area contributed by atoms with E-state index in [0.717, 1.165) is 0 Å². The first-order valence-corrected chi connectivity index (χ1v) is 3.50. The van der Waals surface area contributed by atoms with E-state index in [2.05, 4.69) is 15.9 Å². The number of carbonyl (C=O) groups is 2. The number of hydrogen-bond donors (Lipinski definition) is 2. The van der Waals surface area contributed by atoms with Gasteiger partial charge in [0, 0.05) is 6.42 Å². The van der Waals surface area contributed by atoms with Gasteiger partial charge in [-0.05, 0) is 22.4 Å². The van der Waals surface area contributed by atoms with Gasteiger partial charge in [-0.3, -0.25) is 9.59 Å². The lowest BCUT2D eigenvalue weighted by Gasteiger charge is -2.01. The highest BCUT2D eigenvalue weighted by Crippen LogP contribution is 1.99. The molecule has 0 aliphatic carbocycles. The normalized spacial score (nSPS) is 12.6. The van der Waals surface area contributed by atoms with Gasteiger partial charge < -0.3 is 10.8 Å². The van der Waals surface area contributed by atoms with Crippen molar-refractivity contribution in [2.45, 2.75) is 18.9 Å². The molecule has 0 aromatic carbocycles. The molecule has 0 aliphatic heterocycles. The Labute approximate surface area is 66.5 Å². The smallest absolute Gasteiger partial charge is 0.320 e. The molecule has 0 heterocycles. The molecular formula is C5H8BrNO3. The molecular weight excluding hydrogens is 202 g/mol. The zero-order valence-corrected chi connectivity index (χ0v) is 6.80. The molecule has 0 aliphatic rings. The molecule has 4 nitrogen and oxygen atoms in total. The van der Waals surface area contributed by atoms with E-state index in [1.165, 1.54) is 0 Å². The summed E-state index contributed by atoms with van der Waals surface area (Å²) in [4.78, 5) is 20.3. The summed E-state index contributed by atoms with van der Waals surface area (Å²) in [7, 11) is 0. The number of hydrogen-bond acceptors (Lipinski definition) is 3. The maximum absolute atomic E-state index is 10.2. The minimum atomic E-state index is -1.08. The Bertz CT molecular complexity index is 148. The summed E-state index contributed by atoms with van der Waals surface area (Å²) < 4.78 is -0.218. The zero-order chi connectivity index (χ0) is 8.15. The third-order valence-electron chi connectivity index (χ3n) is 0.969. The SMILES string of the molecule is N[C@@H](CCC(=O)Br)C(=O)O. The van der Waals surface area contributed by atoms with Crippen molar-refractivity contribution in [3.63, 3.8) is 0 Å². The van der Waals surface area contributed by atoms with E-state index in [1.54, 1.807) is 0 Å². The number of nitrogens with two attached hydrogens (primary N) is 1. The Hall–Kier alpha value is -0.420. The summed E-state index contributed by atoms with van der Waals surface area (Å²) in [5.41, 5.74) is 5.09. The molecule has 58 valence electrons. The first kappa shape index (κ1) is 9.58. The largest absolute Gasteiger partial charge is 0.480 e. The Morgan fingerprint density at radius 3 is 2.40 bits per heavy atom. The number of rotatable bonds is 4. The van der Waals surface area contributed by atoms with Gasteiger partial charge in [0.2, 0.25) is 0 Å². The van der Waals surface area contributed by atoms with E-state index in [9.17, 15) is 9.59 Å². The van der Waals surface area contributed by atoms with E-state index in [0.29, 0.717) is 0 Å². The Balaban J connectivity index is 3.49. The molecule has 0 aromatic heterocycles. The molecule has 10 heavy (non-hydrogen) atoms. The zero-order valence-electron chi connectivity index (χ0n) is 5.21. The maximum atomic E-state index is 10.2. The fourth-order valence-electron chi connectivity index (χ4n) is 0.392. The third kappa shape index (κ3) is 4.46. The molecule has 0 radical (unpaired) electrons. The molecule has 0 saturated heterocycles. The van der Waals surface area contributed by atoms with Crippen molar-refractivity contribution in [2.75, 3.05) is 0 Å². The highest BCUT2D eigenvalue weighted by atomic mass is 79.9. The average molecular weight is 210 g/mol. The van der Waals surface area contributed by atoms with Crippen molar-refractivity contribution in [1.29, 1.82) is 0 Å². The second-order valence-electron chi connectivity index (χ2n) is 1.84. The lowest BCUT2D eigenvalue weighted by molar-refractivity contribution is -0.138. The minimum Gasteiger partial charge on any atom is -0.480 e. The molecule has 1 atom stereocenters. The number of carbonyl (C=O) groups excluding carboxylic acids is 1. The van der Waals surface area contributed by atoms with Gasteiger partial charge in [0.15, 0.2) is 4.69 Å². The van der Waals surface area contributed by atoms with E-state index in [4.69, 9.17) is 10.8 Å². The summed E-state index contributed by atoms with van der Waals surface area (Å²) in [5.74, 6) is -1.08. The molecule has 0 bridgehead atoms. The highest BCUT2D eigenvalue weighted by molar-refractivity contribution is 9.18. The molecule has 5 heteroatoms. The van der Waals surface area contributed by atoms with Crippen LogP contribution >= 0.6 is 15.9 Å². The monoisotopic (exact) mass is 209 g/mol. The van der Waals surface area contributed by atoms with Crippen LogP contribution in [-0.4, -0.2) is 21.8 Å². The van der Waals surface area contributed by atoms with Gasteiger partial charge >= 0.3 is 5.97 Å². The van der Waals surface area contributed by atoms with Crippen molar-refractivity contribution >= 4 is 26.6 Å². The average Bonchev–Trinajstić information content (AvgIpc) is 1.82. The highest BCUT2D eigenvalue weighted by Gasteiger charge is 2.11. The predicted octanol–water partition coefficient (Wildman–Crippen LogP) is 0.1000. The summed E-state index contributed by atoms with van der Waals surface area (Å²) in [5, 5.41) is 8.24. The second kappa shape index (κ2) is 4.40. The van der Waals surface area contributed by atoms with Crippen LogP contribution in [0.15, 0.2) is 0 Å². The van der Waals surface area contributed by atoms with Crippen molar-refractivity contribution in [2.24, 2.45) is 5.73 Å². The van der Waals surface area contributed by atoms with Gasteiger partial charge in [-0.2, -0.15) is 0 Å². The van der Waals surface area contributed by atoms with Crippen LogP contribution in [-0.2, 0) is 9.59 Å². The lowest BCUT2D eigenvalue weighted by atomic mass is 10.2. The first-order chi connectivity index (χ1) is 4.54. The lowest BCUT2D eigenvalue weighted by Crippen LogP contribution is -2.30. The number of aliphatic carboxylic acids is 1. The molecule has 0 fully saturated rings. The van der Waals surface area contributed by atoms with Crippen LogP contribution in [0.5, 0.6) is 0 Å². The van der Waals surface area contributed by atoms with E-state index in [-0.39, 0.29) is 17.5 Å². The summed E-state index contributed by atoms with van der Waals surface area (Å²) >= 11 is 2.66. The van der Waals surface area contributed by atoms with Crippen molar-refractivity contribution in [3.8, 4) is 0 Å². The van der Waals surface area contributed by atoms with Crippen LogP contribution in [0.25, 0.3) is 0 Å². The quantitative estimate of drug-likeness (QED) is 0.644. The van der Waals surface area contributed by atoms with Crippen LogP contribution in [0, 0.1) is 0 Å². The van der Waals surface area contributed by atoms with Gasteiger partial charge in [-0.15, -0.1) is 0 Å². The summed E-state index contributed by atoms with van der Waals surface area (Å²) in [6, 6.07) is -0.929. The molecule has 0 rings (SSSR count). The van der Waals surface area contributed by atoms with Gasteiger partial charge in [0.25, 0.3) is 0 Å².